The predicted molar refractivity (Wildman–Crippen MR) is 41.9 cm³/mol. The summed E-state index contributed by atoms with van der Waals surface area (Å²) < 4.78 is 0. The lowest BCUT2D eigenvalue weighted by Crippen LogP contribution is -2.19. The van der Waals surface area contributed by atoms with Crippen LogP contribution in [-0.2, 0) is 0 Å². The molecular weight excluding hydrogens is 124 g/mol. The monoisotopic (exact) mass is 136 g/mol. The second-order valence-electron chi connectivity index (χ2n) is 3.00. The zero-order valence-electron chi connectivity index (χ0n) is 6.22. The summed E-state index contributed by atoms with van der Waals surface area (Å²) in [6, 6.07) is 0. The van der Waals surface area contributed by atoms with Gasteiger partial charge in [0.2, 0.25) is 0 Å². The van der Waals surface area contributed by atoms with Gasteiger partial charge in [-0.15, -0.1) is 0 Å². The van der Waals surface area contributed by atoms with E-state index in [1.165, 1.54) is 24.2 Å². The van der Waals surface area contributed by atoms with Gasteiger partial charge in [-0.1, -0.05) is 6.92 Å². The Morgan fingerprint density at radius 2 is 2.60 bits per heavy atom. The topological polar surface area (TPSA) is 24.4 Å². The summed E-state index contributed by atoms with van der Waals surface area (Å²) in [5.41, 5.74) is 2.68. The minimum atomic E-state index is 0.680. The molecule has 2 nitrogen and oxygen atoms in total. The van der Waals surface area contributed by atoms with Gasteiger partial charge < -0.3 is 5.32 Å². The Morgan fingerprint density at radius 1 is 1.70 bits per heavy atom. The smallest absolute Gasteiger partial charge is 0.0617 e. The van der Waals surface area contributed by atoms with Crippen LogP contribution < -0.4 is 5.32 Å². The third kappa shape index (κ3) is 0.753. The van der Waals surface area contributed by atoms with Gasteiger partial charge in [-0.2, -0.15) is 0 Å². The third-order valence-corrected chi connectivity index (χ3v) is 2.24. The second-order valence-corrected chi connectivity index (χ2v) is 3.00. The van der Waals surface area contributed by atoms with E-state index in [4.69, 9.17) is 0 Å². The van der Waals surface area contributed by atoms with Gasteiger partial charge in [0.1, 0.15) is 0 Å². The van der Waals surface area contributed by atoms with Crippen molar-refractivity contribution in [2.24, 2.45) is 10.9 Å². The highest BCUT2D eigenvalue weighted by Gasteiger charge is 2.22. The molecule has 2 aliphatic rings. The van der Waals surface area contributed by atoms with Crippen LogP contribution in [0.1, 0.15) is 19.8 Å². The lowest BCUT2D eigenvalue weighted by molar-refractivity contribution is 0.664. The fourth-order valence-electron chi connectivity index (χ4n) is 1.62. The third-order valence-electron chi connectivity index (χ3n) is 2.24. The molecule has 1 aliphatic heterocycles. The van der Waals surface area contributed by atoms with Crippen molar-refractivity contribution in [1.29, 1.82) is 0 Å². The molecule has 0 aromatic rings. The predicted octanol–water partition coefficient (Wildman–Crippen LogP) is 1.30. The van der Waals surface area contributed by atoms with Crippen molar-refractivity contribution in [3.63, 3.8) is 0 Å². The van der Waals surface area contributed by atoms with E-state index < -0.39 is 0 Å². The summed E-state index contributed by atoms with van der Waals surface area (Å²) in [6.45, 7) is 3.16. The SMILES string of the molecule is C[C@@H]1CCC2=C1N=CCN2. The van der Waals surface area contributed by atoms with Crippen LogP contribution in [0.15, 0.2) is 16.4 Å². The van der Waals surface area contributed by atoms with Gasteiger partial charge in [0.05, 0.1) is 12.2 Å². The zero-order chi connectivity index (χ0) is 6.97. The highest BCUT2D eigenvalue weighted by molar-refractivity contribution is 5.64. The molecule has 0 amide bonds. The summed E-state index contributed by atoms with van der Waals surface area (Å²) in [5.74, 6) is 0.680. The molecule has 1 N–H and O–H groups in total. The van der Waals surface area contributed by atoms with Crippen LogP contribution in [0.25, 0.3) is 0 Å². The fraction of sp³-hybridized carbons (Fsp3) is 0.625. The van der Waals surface area contributed by atoms with Crippen LogP contribution in [0.4, 0.5) is 0 Å². The number of hydrogen-bond donors (Lipinski definition) is 1. The van der Waals surface area contributed by atoms with Crippen LogP contribution in [0.5, 0.6) is 0 Å². The molecule has 0 saturated carbocycles. The molecule has 54 valence electrons. The number of nitrogens with one attached hydrogen (secondary N) is 1. The van der Waals surface area contributed by atoms with Gasteiger partial charge in [-0.05, 0) is 12.8 Å². The van der Waals surface area contributed by atoms with Crippen molar-refractivity contribution in [2.75, 3.05) is 6.54 Å². The zero-order valence-corrected chi connectivity index (χ0v) is 6.22. The van der Waals surface area contributed by atoms with Gasteiger partial charge >= 0.3 is 0 Å². The van der Waals surface area contributed by atoms with Gasteiger partial charge in [-0.3, -0.25) is 4.99 Å². The van der Waals surface area contributed by atoms with E-state index in [-0.39, 0.29) is 0 Å². The van der Waals surface area contributed by atoms with Gasteiger partial charge in [0.25, 0.3) is 0 Å². The molecule has 10 heavy (non-hydrogen) atoms. The lowest BCUT2D eigenvalue weighted by atomic mass is 10.1. The number of rotatable bonds is 0. The highest BCUT2D eigenvalue weighted by Crippen LogP contribution is 2.31. The second kappa shape index (κ2) is 2.11. The maximum atomic E-state index is 4.36. The molecule has 0 fully saturated rings. The summed E-state index contributed by atoms with van der Waals surface area (Å²) in [4.78, 5) is 4.36. The van der Waals surface area contributed by atoms with Gasteiger partial charge in [0.15, 0.2) is 0 Å². The Kier molecular flexibility index (Phi) is 1.26. The highest BCUT2D eigenvalue weighted by atomic mass is 15.0. The molecular formula is C8H12N2. The Balaban J connectivity index is 2.30. The van der Waals surface area contributed by atoms with E-state index in [0.717, 1.165) is 6.54 Å². The molecule has 0 bridgehead atoms. The molecule has 2 rings (SSSR count). The molecule has 0 spiro atoms. The average Bonchev–Trinajstić information content (AvgIpc) is 2.34. The maximum Gasteiger partial charge on any atom is 0.0617 e. The van der Waals surface area contributed by atoms with Crippen molar-refractivity contribution in [3.05, 3.63) is 11.4 Å². The van der Waals surface area contributed by atoms with E-state index >= 15 is 0 Å². The molecule has 2 heteroatoms. The Bertz CT molecular complexity index is 203. The average molecular weight is 136 g/mol. The van der Waals surface area contributed by atoms with Crippen LogP contribution in [0.2, 0.25) is 0 Å². The van der Waals surface area contributed by atoms with E-state index in [0.29, 0.717) is 5.92 Å². The van der Waals surface area contributed by atoms with E-state index in [9.17, 15) is 0 Å². The molecule has 0 radical (unpaired) electrons. The number of allylic oxidation sites excluding steroid dienone is 2. The number of nitrogens with zero attached hydrogens (tertiary/aromatic N) is 1. The standard InChI is InChI=1S/C8H12N2/c1-6-2-3-7-8(6)10-5-4-9-7/h5-6,9H,2-4H2,1H3/t6-/m1/s1. The lowest BCUT2D eigenvalue weighted by Gasteiger charge is -2.11. The molecule has 0 unspecified atom stereocenters. The summed E-state index contributed by atoms with van der Waals surface area (Å²) in [7, 11) is 0. The van der Waals surface area contributed by atoms with Gasteiger partial charge in [-0.25, -0.2) is 0 Å². The van der Waals surface area contributed by atoms with Crippen molar-refractivity contribution >= 4 is 6.21 Å². The van der Waals surface area contributed by atoms with Crippen molar-refractivity contribution in [2.45, 2.75) is 19.8 Å². The number of hydrogen-bond acceptors (Lipinski definition) is 2. The van der Waals surface area contributed by atoms with Crippen molar-refractivity contribution < 1.29 is 0 Å². The Labute approximate surface area is 61.0 Å². The van der Waals surface area contributed by atoms with E-state index in [1.54, 1.807) is 0 Å². The van der Waals surface area contributed by atoms with Crippen molar-refractivity contribution in [1.82, 2.24) is 5.32 Å². The maximum absolute atomic E-state index is 4.36. The molecule has 0 aromatic heterocycles. The van der Waals surface area contributed by atoms with Crippen LogP contribution in [0, 0.1) is 5.92 Å². The van der Waals surface area contributed by atoms with Crippen LogP contribution >= 0.6 is 0 Å². The first kappa shape index (κ1) is 5.96. The first-order valence-electron chi connectivity index (χ1n) is 3.87. The van der Waals surface area contributed by atoms with E-state index in [2.05, 4.69) is 17.2 Å². The first-order chi connectivity index (χ1) is 4.88. The summed E-state index contributed by atoms with van der Waals surface area (Å²) >= 11 is 0. The summed E-state index contributed by atoms with van der Waals surface area (Å²) in [5, 5.41) is 3.34. The minimum absolute atomic E-state index is 0.680. The normalized spacial score (nSPS) is 30.3. The molecule has 1 aliphatic carbocycles. The van der Waals surface area contributed by atoms with Gasteiger partial charge in [0, 0.05) is 17.8 Å². The molecule has 1 atom stereocenters. The minimum Gasteiger partial charge on any atom is -0.382 e. The van der Waals surface area contributed by atoms with Crippen LogP contribution in [0.3, 0.4) is 0 Å². The Hall–Kier alpha value is -0.790. The summed E-state index contributed by atoms with van der Waals surface area (Å²) in [6.07, 6.45) is 4.43. The number of aliphatic imine (C=N–C) groups is 1. The molecule has 1 heterocycles. The fourth-order valence-corrected chi connectivity index (χ4v) is 1.62. The molecule has 0 saturated heterocycles. The quantitative estimate of drug-likeness (QED) is 0.533. The Morgan fingerprint density at radius 3 is 3.40 bits per heavy atom. The van der Waals surface area contributed by atoms with E-state index in [1.807, 2.05) is 6.21 Å². The largest absolute Gasteiger partial charge is 0.382 e. The first-order valence-corrected chi connectivity index (χ1v) is 3.87. The van der Waals surface area contributed by atoms with Crippen LogP contribution in [-0.4, -0.2) is 12.8 Å². The van der Waals surface area contributed by atoms with Crippen molar-refractivity contribution in [3.8, 4) is 0 Å². The molecule has 0 aromatic carbocycles.